The number of nitrogens with zero attached hydrogens (tertiary/aromatic N) is 1. The summed E-state index contributed by atoms with van der Waals surface area (Å²) in [5, 5.41) is 0. The van der Waals surface area contributed by atoms with E-state index in [0.29, 0.717) is 0 Å². The lowest BCUT2D eigenvalue weighted by Gasteiger charge is -2.25. The Morgan fingerprint density at radius 3 is 2.50 bits per heavy atom. The molecule has 0 aromatic rings. The Labute approximate surface area is 63.2 Å². The molecule has 0 spiro atoms. The fraction of sp³-hybridized carbons (Fsp3) is 1.00. The highest BCUT2D eigenvalue weighted by Gasteiger charge is 2.08. The molecule has 0 amide bonds. The van der Waals surface area contributed by atoms with E-state index in [1.807, 2.05) is 0 Å². The lowest BCUT2D eigenvalue weighted by Crippen LogP contribution is -2.32. The molecule has 1 saturated heterocycles. The average Bonchev–Trinajstić information content (AvgIpc) is 2.03. The fourth-order valence-corrected chi connectivity index (χ4v) is 1.40. The summed E-state index contributed by atoms with van der Waals surface area (Å²) in [5.41, 5.74) is 0. The van der Waals surface area contributed by atoms with Crippen LogP contribution in [0.5, 0.6) is 0 Å². The molecule has 0 aromatic carbocycles. The summed E-state index contributed by atoms with van der Waals surface area (Å²) in [7, 11) is 1.77. The third-order valence-electron chi connectivity index (χ3n) is 2.06. The van der Waals surface area contributed by atoms with Crippen LogP contribution in [0.4, 0.5) is 0 Å². The smallest absolute Gasteiger partial charge is 0.0589 e. The van der Waals surface area contributed by atoms with E-state index in [9.17, 15) is 0 Å². The molecule has 1 fully saturated rings. The van der Waals surface area contributed by atoms with Crippen LogP contribution in [0.2, 0.25) is 0 Å². The number of likely N-dealkylation sites (tertiary alicyclic amines) is 1. The molecule has 1 rings (SSSR count). The molecule has 60 valence electrons. The molecule has 0 radical (unpaired) electrons. The second-order valence-corrected chi connectivity index (χ2v) is 2.90. The normalized spacial score (nSPS) is 21.3. The predicted molar refractivity (Wildman–Crippen MR) is 42.2 cm³/mol. The Bertz CT molecular complexity index is 79.3. The number of hydrogen-bond donors (Lipinski definition) is 0. The molecule has 0 bridgehead atoms. The van der Waals surface area contributed by atoms with E-state index in [0.717, 1.165) is 13.2 Å². The van der Waals surface area contributed by atoms with E-state index >= 15 is 0 Å². The summed E-state index contributed by atoms with van der Waals surface area (Å²) < 4.78 is 5.00. The van der Waals surface area contributed by atoms with Gasteiger partial charge in [-0.15, -0.1) is 0 Å². The Morgan fingerprint density at radius 1 is 1.20 bits per heavy atom. The van der Waals surface area contributed by atoms with Crippen LogP contribution in [0.3, 0.4) is 0 Å². The van der Waals surface area contributed by atoms with Gasteiger partial charge in [-0.25, -0.2) is 0 Å². The maximum Gasteiger partial charge on any atom is 0.0589 e. The Hall–Kier alpha value is -0.0800. The van der Waals surface area contributed by atoms with Crippen LogP contribution >= 0.6 is 0 Å². The van der Waals surface area contributed by atoms with Crippen molar-refractivity contribution in [1.29, 1.82) is 0 Å². The molecule has 0 atom stereocenters. The maximum absolute atomic E-state index is 5.00. The van der Waals surface area contributed by atoms with Crippen LogP contribution in [-0.2, 0) is 4.74 Å². The van der Waals surface area contributed by atoms with Crippen LogP contribution in [0, 0.1) is 0 Å². The molecule has 1 aliphatic heterocycles. The monoisotopic (exact) mass is 143 g/mol. The molecule has 0 saturated carbocycles. The first-order valence-electron chi connectivity index (χ1n) is 4.15. The minimum atomic E-state index is 0.889. The standard InChI is InChI=1S/C8H17NO/c1-10-8-7-9-5-3-2-4-6-9/h2-8H2,1H3. The van der Waals surface area contributed by atoms with Gasteiger partial charge in [0.05, 0.1) is 6.61 Å². The summed E-state index contributed by atoms with van der Waals surface area (Å²) in [6.45, 7) is 4.57. The minimum absolute atomic E-state index is 0.889. The molecule has 1 heterocycles. The minimum Gasteiger partial charge on any atom is -0.383 e. The summed E-state index contributed by atoms with van der Waals surface area (Å²) >= 11 is 0. The van der Waals surface area contributed by atoms with Gasteiger partial charge < -0.3 is 9.64 Å². The SMILES string of the molecule is COCCN1CCCCC1. The van der Waals surface area contributed by atoms with E-state index in [2.05, 4.69) is 4.90 Å². The van der Waals surface area contributed by atoms with Gasteiger partial charge in [-0.2, -0.15) is 0 Å². The fourth-order valence-electron chi connectivity index (χ4n) is 1.40. The first kappa shape index (κ1) is 8.02. The molecule has 1 aliphatic rings. The number of hydrogen-bond acceptors (Lipinski definition) is 2. The van der Waals surface area contributed by atoms with Crippen molar-refractivity contribution >= 4 is 0 Å². The first-order chi connectivity index (χ1) is 4.93. The van der Waals surface area contributed by atoms with Crippen LogP contribution in [0.25, 0.3) is 0 Å². The van der Waals surface area contributed by atoms with Gasteiger partial charge in [0.2, 0.25) is 0 Å². The van der Waals surface area contributed by atoms with Crippen molar-refractivity contribution in [2.24, 2.45) is 0 Å². The quantitative estimate of drug-likeness (QED) is 0.587. The summed E-state index contributed by atoms with van der Waals surface area (Å²) in [4.78, 5) is 2.48. The Kier molecular flexibility index (Phi) is 3.76. The molecule has 10 heavy (non-hydrogen) atoms. The summed E-state index contributed by atoms with van der Waals surface area (Å²) in [6, 6.07) is 0. The Balaban J connectivity index is 2.02. The van der Waals surface area contributed by atoms with Crippen molar-refractivity contribution in [3.8, 4) is 0 Å². The lowest BCUT2D eigenvalue weighted by atomic mass is 10.1. The summed E-state index contributed by atoms with van der Waals surface area (Å²) in [6.07, 6.45) is 4.18. The topological polar surface area (TPSA) is 12.5 Å². The van der Waals surface area contributed by atoms with Crippen LogP contribution < -0.4 is 0 Å². The van der Waals surface area contributed by atoms with Gasteiger partial charge >= 0.3 is 0 Å². The molecule has 0 aliphatic carbocycles. The van der Waals surface area contributed by atoms with Crippen LogP contribution in [0.1, 0.15) is 19.3 Å². The van der Waals surface area contributed by atoms with E-state index in [4.69, 9.17) is 4.74 Å². The molecule has 0 N–H and O–H groups in total. The van der Waals surface area contributed by atoms with Crippen molar-refractivity contribution in [2.45, 2.75) is 19.3 Å². The third kappa shape index (κ3) is 2.67. The zero-order chi connectivity index (χ0) is 7.23. The molecule has 0 aromatic heterocycles. The molecule has 0 unspecified atom stereocenters. The zero-order valence-electron chi connectivity index (χ0n) is 6.81. The van der Waals surface area contributed by atoms with Crippen molar-refractivity contribution < 1.29 is 4.74 Å². The van der Waals surface area contributed by atoms with Gasteiger partial charge in [0.15, 0.2) is 0 Å². The number of ether oxygens (including phenoxy) is 1. The van der Waals surface area contributed by atoms with Gasteiger partial charge in [0, 0.05) is 13.7 Å². The van der Waals surface area contributed by atoms with Gasteiger partial charge in [0.1, 0.15) is 0 Å². The second kappa shape index (κ2) is 4.69. The van der Waals surface area contributed by atoms with Gasteiger partial charge in [-0.3, -0.25) is 0 Å². The highest BCUT2D eigenvalue weighted by molar-refractivity contribution is 4.63. The molecular weight excluding hydrogens is 126 g/mol. The van der Waals surface area contributed by atoms with Crippen molar-refractivity contribution in [2.75, 3.05) is 33.4 Å². The van der Waals surface area contributed by atoms with Crippen molar-refractivity contribution in [3.05, 3.63) is 0 Å². The van der Waals surface area contributed by atoms with Crippen LogP contribution in [-0.4, -0.2) is 38.3 Å². The number of rotatable bonds is 3. The Morgan fingerprint density at radius 2 is 1.90 bits per heavy atom. The van der Waals surface area contributed by atoms with Gasteiger partial charge in [0.25, 0.3) is 0 Å². The third-order valence-corrected chi connectivity index (χ3v) is 2.06. The van der Waals surface area contributed by atoms with Crippen molar-refractivity contribution in [1.82, 2.24) is 4.90 Å². The lowest BCUT2D eigenvalue weighted by molar-refractivity contribution is 0.135. The van der Waals surface area contributed by atoms with E-state index in [-0.39, 0.29) is 0 Å². The largest absolute Gasteiger partial charge is 0.383 e. The predicted octanol–water partition coefficient (Wildman–Crippen LogP) is 1.12. The average molecular weight is 143 g/mol. The first-order valence-corrected chi connectivity index (χ1v) is 4.15. The molecular formula is C8H17NO. The summed E-state index contributed by atoms with van der Waals surface area (Å²) in [5.74, 6) is 0. The highest BCUT2D eigenvalue weighted by Crippen LogP contribution is 2.07. The van der Waals surface area contributed by atoms with Gasteiger partial charge in [-0.05, 0) is 25.9 Å². The molecule has 2 nitrogen and oxygen atoms in total. The highest BCUT2D eigenvalue weighted by atomic mass is 16.5. The van der Waals surface area contributed by atoms with Crippen molar-refractivity contribution in [3.63, 3.8) is 0 Å². The second-order valence-electron chi connectivity index (χ2n) is 2.90. The number of piperidine rings is 1. The van der Waals surface area contributed by atoms with Gasteiger partial charge in [-0.1, -0.05) is 6.42 Å². The maximum atomic E-state index is 5.00. The van der Waals surface area contributed by atoms with E-state index < -0.39 is 0 Å². The van der Waals surface area contributed by atoms with E-state index in [1.54, 1.807) is 7.11 Å². The zero-order valence-corrected chi connectivity index (χ0v) is 6.81. The van der Waals surface area contributed by atoms with E-state index in [1.165, 1.54) is 32.4 Å². The number of methoxy groups -OCH3 is 1. The van der Waals surface area contributed by atoms with Crippen LogP contribution in [0.15, 0.2) is 0 Å². The molecule has 2 heteroatoms.